The zero-order valence-electron chi connectivity index (χ0n) is 16.5. The summed E-state index contributed by atoms with van der Waals surface area (Å²) >= 11 is 1.60. The fraction of sp³-hybridized carbons (Fsp3) is 0.474. The highest BCUT2D eigenvalue weighted by Gasteiger charge is 2.51. The summed E-state index contributed by atoms with van der Waals surface area (Å²) in [4.78, 5) is 42.4. The van der Waals surface area contributed by atoms with E-state index in [9.17, 15) is 22.8 Å². The van der Waals surface area contributed by atoms with Gasteiger partial charge in [0.05, 0.1) is 34.5 Å². The van der Waals surface area contributed by atoms with Gasteiger partial charge in [-0.25, -0.2) is 9.78 Å². The number of halogens is 3. The number of alkyl halides is 3. The molecule has 2 aliphatic heterocycles. The van der Waals surface area contributed by atoms with E-state index in [4.69, 9.17) is 14.3 Å². The standard InChI is InChI=1S/C17H19N3O3S.C2HF3O2/c1-12-18-14(10-24-12)8-19-5-3-17(16(19)22)4-6-20(11-17)15(21)13-2-7-23-9-13;3-2(4,5)1(6)7/h2,7,9-10H,3-6,8,11H2,1H3;(H,6,7). The normalized spacial score (nSPS) is 20.8. The predicted molar refractivity (Wildman–Crippen MR) is 102 cm³/mol. The third-order valence-electron chi connectivity index (χ3n) is 5.27. The lowest BCUT2D eigenvalue weighted by Crippen LogP contribution is -2.38. The van der Waals surface area contributed by atoms with Crippen LogP contribution in [-0.4, -0.2) is 63.5 Å². The second-order valence-corrected chi connectivity index (χ2v) is 8.47. The number of aromatic nitrogens is 1. The van der Waals surface area contributed by atoms with Crippen LogP contribution < -0.4 is 0 Å². The highest BCUT2D eigenvalue weighted by atomic mass is 32.1. The molecule has 1 unspecified atom stereocenters. The van der Waals surface area contributed by atoms with E-state index in [-0.39, 0.29) is 11.8 Å². The molecule has 8 nitrogen and oxygen atoms in total. The van der Waals surface area contributed by atoms with Crippen LogP contribution in [0.4, 0.5) is 13.2 Å². The monoisotopic (exact) mass is 459 g/mol. The number of amides is 2. The third kappa shape index (κ3) is 5.06. The van der Waals surface area contributed by atoms with Gasteiger partial charge < -0.3 is 19.3 Å². The molecule has 2 aliphatic rings. The number of carbonyl (C=O) groups is 3. The molecule has 2 aromatic rings. The van der Waals surface area contributed by atoms with Gasteiger partial charge in [0.15, 0.2) is 0 Å². The summed E-state index contributed by atoms with van der Waals surface area (Å²) < 4.78 is 36.7. The molecule has 2 saturated heterocycles. The quantitative estimate of drug-likeness (QED) is 0.757. The highest BCUT2D eigenvalue weighted by molar-refractivity contribution is 7.09. The zero-order chi connectivity index (χ0) is 22.8. The van der Waals surface area contributed by atoms with Gasteiger partial charge in [-0.1, -0.05) is 0 Å². The first-order valence-electron chi connectivity index (χ1n) is 9.34. The molecule has 1 N–H and O–H groups in total. The van der Waals surface area contributed by atoms with Crippen LogP contribution in [0.25, 0.3) is 0 Å². The number of carboxylic acid groups (broad SMARTS) is 1. The van der Waals surface area contributed by atoms with E-state index in [1.165, 1.54) is 12.5 Å². The predicted octanol–water partition coefficient (Wildman–Crippen LogP) is 2.94. The molecule has 0 aromatic carbocycles. The molecule has 4 heterocycles. The molecule has 1 spiro atoms. The fourth-order valence-electron chi connectivity index (χ4n) is 3.71. The minimum Gasteiger partial charge on any atom is -0.475 e. The Morgan fingerprint density at radius 2 is 2.00 bits per heavy atom. The Morgan fingerprint density at radius 1 is 1.32 bits per heavy atom. The van der Waals surface area contributed by atoms with Crippen LogP contribution in [0.1, 0.15) is 33.9 Å². The number of likely N-dealkylation sites (tertiary alicyclic amines) is 2. The van der Waals surface area contributed by atoms with E-state index in [2.05, 4.69) is 4.98 Å². The molecular formula is C19H20F3N3O5S. The molecule has 1 atom stereocenters. The fourth-order valence-corrected chi connectivity index (χ4v) is 4.32. The van der Waals surface area contributed by atoms with Gasteiger partial charge in [-0.15, -0.1) is 11.3 Å². The van der Waals surface area contributed by atoms with Crippen molar-refractivity contribution in [2.24, 2.45) is 5.41 Å². The van der Waals surface area contributed by atoms with E-state index in [1.807, 2.05) is 17.2 Å². The number of aliphatic carboxylic acids is 1. The third-order valence-corrected chi connectivity index (χ3v) is 6.09. The second kappa shape index (κ2) is 8.69. The largest absolute Gasteiger partial charge is 0.490 e. The van der Waals surface area contributed by atoms with Gasteiger partial charge in [-0.3, -0.25) is 9.59 Å². The van der Waals surface area contributed by atoms with Crippen LogP contribution >= 0.6 is 11.3 Å². The topological polar surface area (TPSA) is 104 Å². The van der Waals surface area contributed by atoms with Crippen LogP contribution in [0.3, 0.4) is 0 Å². The summed E-state index contributed by atoms with van der Waals surface area (Å²) in [7, 11) is 0. The summed E-state index contributed by atoms with van der Waals surface area (Å²) in [5.74, 6) is -2.65. The summed E-state index contributed by atoms with van der Waals surface area (Å²) in [5.41, 5.74) is 1.09. The summed E-state index contributed by atoms with van der Waals surface area (Å²) in [6.07, 6.45) is -0.579. The van der Waals surface area contributed by atoms with Gasteiger partial charge in [-0.05, 0) is 25.8 Å². The van der Waals surface area contributed by atoms with Crippen LogP contribution in [0.2, 0.25) is 0 Å². The van der Waals surface area contributed by atoms with Gasteiger partial charge in [0, 0.05) is 25.0 Å². The number of aryl methyl sites for hydroxylation is 1. The Balaban J connectivity index is 0.000000339. The minimum atomic E-state index is -5.08. The molecule has 31 heavy (non-hydrogen) atoms. The Morgan fingerprint density at radius 3 is 2.55 bits per heavy atom. The van der Waals surface area contributed by atoms with Crippen LogP contribution in [0.15, 0.2) is 28.4 Å². The highest BCUT2D eigenvalue weighted by Crippen LogP contribution is 2.41. The molecule has 12 heteroatoms. The number of carbonyl (C=O) groups excluding carboxylic acids is 2. The van der Waals surface area contributed by atoms with Crippen LogP contribution in [-0.2, 0) is 16.1 Å². The molecular weight excluding hydrogens is 439 g/mol. The number of thiazole rings is 1. The van der Waals surface area contributed by atoms with Crippen molar-refractivity contribution in [3.63, 3.8) is 0 Å². The molecule has 4 rings (SSSR count). The molecule has 2 amide bonds. The van der Waals surface area contributed by atoms with Crippen molar-refractivity contribution in [2.45, 2.75) is 32.5 Å². The number of nitrogens with zero attached hydrogens (tertiary/aromatic N) is 3. The van der Waals surface area contributed by atoms with Crippen molar-refractivity contribution in [1.29, 1.82) is 0 Å². The first kappa shape index (κ1) is 22.8. The first-order valence-corrected chi connectivity index (χ1v) is 10.2. The second-order valence-electron chi connectivity index (χ2n) is 7.41. The number of hydrogen-bond acceptors (Lipinski definition) is 6. The summed E-state index contributed by atoms with van der Waals surface area (Å²) in [5, 5.41) is 10.2. The van der Waals surface area contributed by atoms with Gasteiger partial charge in [-0.2, -0.15) is 13.2 Å². The van der Waals surface area contributed by atoms with Gasteiger partial charge in [0.25, 0.3) is 5.91 Å². The zero-order valence-corrected chi connectivity index (χ0v) is 17.3. The lowest BCUT2D eigenvalue weighted by molar-refractivity contribution is -0.192. The molecule has 2 aromatic heterocycles. The van der Waals surface area contributed by atoms with Crippen molar-refractivity contribution in [3.05, 3.63) is 40.2 Å². The smallest absolute Gasteiger partial charge is 0.475 e. The molecule has 0 radical (unpaired) electrons. The van der Waals surface area contributed by atoms with E-state index in [0.29, 0.717) is 25.2 Å². The minimum absolute atomic E-state index is 0.0537. The Kier molecular flexibility index (Phi) is 6.39. The van der Waals surface area contributed by atoms with Crippen molar-refractivity contribution in [1.82, 2.24) is 14.8 Å². The maximum Gasteiger partial charge on any atom is 0.490 e. The van der Waals surface area contributed by atoms with Crippen LogP contribution in [0.5, 0.6) is 0 Å². The van der Waals surface area contributed by atoms with Gasteiger partial charge in [0.1, 0.15) is 6.26 Å². The molecule has 0 bridgehead atoms. The summed E-state index contributed by atoms with van der Waals surface area (Å²) in [6.45, 7) is 4.41. The van der Waals surface area contributed by atoms with Gasteiger partial charge >= 0.3 is 12.1 Å². The van der Waals surface area contributed by atoms with Gasteiger partial charge in [0.2, 0.25) is 5.91 Å². The van der Waals surface area contributed by atoms with Crippen molar-refractivity contribution in [2.75, 3.05) is 19.6 Å². The van der Waals surface area contributed by atoms with E-state index in [1.54, 1.807) is 22.3 Å². The number of carboxylic acids is 1. The lowest BCUT2D eigenvalue weighted by atomic mass is 9.85. The average Bonchev–Trinajstić information content (AvgIpc) is 3.48. The van der Waals surface area contributed by atoms with Crippen molar-refractivity contribution < 1.29 is 37.1 Å². The maximum absolute atomic E-state index is 12.9. The number of hydrogen-bond donors (Lipinski definition) is 1. The summed E-state index contributed by atoms with van der Waals surface area (Å²) in [6, 6.07) is 1.67. The van der Waals surface area contributed by atoms with E-state index < -0.39 is 17.6 Å². The maximum atomic E-state index is 12.9. The number of furan rings is 1. The Labute approximate surface area is 179 Å². The molecule has 0 aliphatic carbocycles. The van der Waals surface area contributed by atoms with E-state index >= 15 is 0 Å². The van der Waals surface area contributed by atoms with Crippen molar-refractivity contribution >= 4 is 29.1 Å². The SMILES string of the molecule is Cc1nc(CN2CCC3(CCN(C(=O)c4ccoc4)C3)C2=O)cs1.O=C(O)C(F)(F)F. The first-order chi connectivity index (χ1) is 14.5. The Hall–Kier alpha value is -2.89. The molecule has 2 fully saturated rings. The average molecular weight is 459 g/mol. The Bertz CT molecular complexity index is 959. The van der Waals surface area contributed by atoms with Crippen molar-refractivity contribution in [3.8, 4) is 0 Å². The molecule has 0 saturated carbocycles. The molecule has 168 valence electrons. The lowest BCUT2D eigenvalue weighted by Gasteiger charge is -2.23. The van der Waals surface area contributed by atoms with Crippen LogP contribution in [0, 0.1) is 12.3 Å². The van der Waals surface area contributed by atoms with E-state index in [0.717, 1.165) is 30.1 Å². The number of rotatable bonds is 3.